The van der Waals surface area contributed by atoms with E-state index in [0.29, 0.717) is 24.4 Å². The molecule has 7 nitrogen and oxygen atoms in total. The molecule has 21 heavy (non-hydrogen) atoms. The van der Waals surface area contributed by atoms with Crippen molar-refractivity contribution in [1.82, 2.24) is 14.8 Å². The number of rotatable bonds is 4. The highest BCUT2D eigenvalue weighted by Crippen LogP contribution is 2.33. The lowest BCUT2D eigenvalue weighted by atomic mass is 9.86. The van der Waals surface area contributed by atoms with Gasteiger partial charge in [-0.15, -0.1) is 0 Å². The molecule has 0 bridgehead atoms. The van der Waals surface area contributed by atoms with Crippen LogP contribution < -0.4 is 11.5 Å². The number of primary amides is 1. The van der Waals surface area contributed by atoms with E-state index in [1.54, 1.807) is 0 Å². The summed E-state index contributed by atoms with van der Waals surface area (Å²) < 4.78 is 7.44. The molecule has 2 aliphatic rings. The summed E-state index contributed by atoms with van der Waals surface area (Å²) in [5.41, 5.74) is 11.2. The molecular weight excluding hydrogens is 270 g/mol. The van der Waals surface area contributed by atoms with E-state index < -0.39 is 5.91 Å². The predicted molar refractivity (Wildman–Crippen MR) is 76.6 cm³/mol. The van der Waals surface area contributed by atoms with Gasteiger partial charge >= 0.3 is 0 Å². The van der Waals surface area contributed by atoms with Crippen LogP contribution in [0.1, 0.15) is 55.7 Å². The summed E-state index contributed by atoms with van der Waals surface area (Å²) in [5.74, 6) is 1.49. The normalized spacial score (nSPS) is 29.7. The number of aromatic nitrogens is 3. The number of carbonyl (C=O) groups excluding carboxylic acids is 1. The van der Waals surface area contributed by atoms with Gasteiger partial charge in [0.15, 0.2) is 5.82 Å². The van der Waals surface area contributed by atoms with Crippen LogP contribution in [0.5, 0.6) is 0 Å². The fraction of sp³-hybridized carbons (Fsp3) is 0.786. The Morgan fingerprint density at radius 2 is 2.05 bits per heavy atom. The minimum Gasteiger partial charge on any atom is -0.379 e. The van der Waals surface area contributed by atoms with Gasteiger partial charge in [-0.1, -0.05) is 0 Å². The van der Waals surface area contributed by atoms with E-state index in [-0.39, 0.29) is 12.5 Å². The first-order valence-electron chi connectivity index (χ1n) is 7.70. The molecule has 1 aromatic rings. The van der Waals surface area contributed by atoms with Crippen LogP contribution in [-0.4, -0.2) is 39.9 Å². The molecule has 0 spiro atoms. The summed E-state index contributed by atoms with van der Waals surface area (Å²) in [6.07, 6.45) is 5.14. The smallest absolute Gasteiger partial charge is 0.225 e. The zero-order valence-electron chi connectivity index (χ0n) is 12.2. The Balaban J connectivity index is 1.85. The number of nitrogens with two attached hydrogens (primary N) is 2. The summed E-state index contributed by atoms with van der Waals surface area (Å²) in [6, 6.07) is 0.530. The molecule has 7 heteroatoms. The second-order valence-electron chi connectivity index (χ2n) is 6.10. The molecule has 0 aromatic carbocycles. The van der Waals surface area contributed by atoms with Crippen LogP contribution in [0.3, 0.4) is 0 Å². The minimum absolute atomic E-state index is 0.0970. The third-order valence-corrected chi connectivity index (χ3v) is 4.42. The van der Waals surface area contributed by atoms with Crippen molar-refractivity contribution in [3.63, 3.8) is 0 Å². The first-order chi connectivity index (χ1) is 10.1. The zero-order chi connectivity index (χ0) is 14.8. The van der Waals surface area contributed by atoms with Crippen molar-refractivity contribution in [2.45, 2.75) is 56.5 Å². The van der Waals surface area contributed by atoms with Gasteiger partial charge in [0.25, 0.3) is 0 Å². The quantitative estimate of drug-likeness (QED) is 0.827. The zero-order valence-corrected chi connectivity index (χ0v) is 12.2. The maximum absolute atomic E-state index is 11.1. The van der Waals surface area contributed by atoms with E-state index in [9.17, 15) is 4.79 Å². The van der Waals surface area contributed by atoms with E-state index in [1.165, 1.54) is 0 Å². The van der Waals surface area contributed by atoms with Gasteiger partial charge in [-0.3, -0.25) is 4.79 Å². The molecule has 2 fully saturated rings. The summed E-state index contributed by atoms with van der Waals surface area (Å²) in [6.45, 7) is 1.42. The van der Waals surface area contributed by atoms with Gasteiger partial charge in [0, 0.05) is 18.6 Å². The molecule has 116 valence electrons. The lowest BCUT2D eigenvalue weighted by molar-refractivity contribution is -0.117. The Kier molecular flexibility index (Phi) is 4.21. The maximum Gasteiger partial charge on any atom is 0.225 e. The Morgan fingerprint density at radius 1 is 1.29 bits per heavy atom. The molecule has 1 atom stereocenters. The largest absolute Gasteiger partial charge is 0.379 e. The average molecular weight is 293 g/mol. The van der Waals surface area contributed by atoms with Gasteiger partial charge in [0.05, 0.1) is 19.1 Å². The van der Waals surface area contributed by atoms with Crippen LogP contribution in [-0.2, 0) is 16.0 Å². The fourth-order valence-corrected chi connectivity index (χ4v) is 3.25. The minimum atomic E-state index is -0.396. The SMILES string of the molecule is NC(=O)Cc1nc(C2CCC(N)CC2)n(C2CCOC2)n1. The van der Waals surface area contributed by atoms with E-state index in [0.717, 1.165) is 44.5 Å². The molecule has 1 aliphatic carbocycles. The number of amides is 1. The summed E-state index contributed by atoms with van der Waals surface area (Å²) in [5, 5.41) is 4.52. The van der Waals surface area contributed by atoms with Crippen LogP contribution in [0.15, 0.2) is 0 Å². The van der Waals surface area contributed by atoms with Gasteiger partial charge in [0.1, 0.15) is 5.82 Å². The van der Waals surface area contributed by atoms with E-state index in [4.69, 9.17) is 16.2 Å². The van der Waals surface area contributed by atoms with Gasteiger partial charge < -0.3 is 16.2 Å². The molecule has 1 aromatic heterocycles. The summed E-state index contributed by atoms with van der Waals surface area (Å²) >= 11 is 0. The first kappa shape index (κ1) is 14.5. The predicted octanol–water partition coefficient (Wildman–Crippen LogP) is 0.252. The lowest BCUT2D eigenvalue weighted by Crippen LogP contribution is -2.27. The van der Waals surface area contributed by atoms with Gasteiger partial charge in [-0.05, 0) is 32.1 Å². The molecule has 0 radical (unpaired) electrons. The number of hydrogen-bond donors (Lipinski definition) is 2. The van der Waals surface area contributed by atoms with Crippen molar-refractivity contribution >= 4 is 5.91 Å². The lowest BCUT2D eigenvalue weighted by Gasteiger charge is -2.26. The van der Waals surface area contributed by atoms with Crippen molar-refractivity contribution in [2.75, 3.05) is 13.2 Å². The Bertz CT molecular complexity index is 501. The van der Waals surface area contributed by atoms with Gasteiger partial charge in [0.2, 0.25) is 5.91 Å². The molecule has 1 saturated heterocycles. The molecular formula is C14H23N5O2. The second kappa shape index (κ2) is 6.11. The van der Waals surface area contributed by atoms with Crippen molar-refractivity contribution in [3.05, 3.63) is 11.6 Å². The highest BCUT2D eigenvalue weighted by molar-refractivity contribution is 5.75. The highest BCUT2D eigenvalue weighted by atomic mass is 16.5. The van der Waals surface area contributed by atoms with Crippen molar-refractivity contribution in [3.8, 4) is 0 Å². The highest BCUT2D eigenvalue weighted by Gasteiger charge is 2.29. The topological polar surface area (TPSA) is 109 Å². The van der Waals surface area contributed by atoms with Crippen LogP contribution in [0.4, 0.5) is 0 Å². The van der Waals surface area contributed by atoms with E-state index in [1.807, 2.05) is 4.68 Å². The third kappa shape index (κ3) is 3.24. The summed E-state index contributed by atoms with van der Waals surface area (Å²) in [7, 11) is 0. The molecule has 1 saturated carbocycles. The standard InChI is InChI=1S/C14H23N5O2/c15-10-3-1-9(2-4-10)14-17-13(7-12(16)20)18-19(14)11-5-6-21-8-11/h9-11H,1-8,15H2,(H2,16,20). The average Bonchev–Trinajstić information content (AvgIpc) is 3.07. The number of carbonyl (C=O) groups is 1. The summed E-state index contributed by atoms with van der Waals surface area (Å²) in [4.78, 5) is 15.7. The fourth-order valence-electron chi connectivity index (χ4n) is 3.25. The second-order valence-corrected chi connectivity index (χ2v) is 6.10. The van der Waals surface area contributed by atoms with Gasteiger partial charge in [-0.25, -0.2) is 9.67 Å². The molecule has 1 unspecified atom stereocenters. The van der Waals surface area contributed by atoms with E-state index >= 15 is 0 Å². The number of hydrogen-bond acceptors (Lipinski definition) is 5. The third-order valence-electron chi connectivity index (χ3n) is 4.42. The Labute approximate surface area is 124 Å². The molecule has 1 aliphatic heterocycles. The monoisotopic (exact) mass is 293 g/mol. The van der Waals surface area contributed by atoms with Crippen molar-refractivity contribution < 1.29 is 9.53 Å². The first-order valence-corrected chi connectivity index (χ1v) is 7.70. The molecule has 3 rings (SSSR count). The Morgan fingerprint density at radius 3 is 2.67 bits per heavy atom. The molecule has 1 amide bonds. The number of nitrogens with zero attached hydrogens (tertiary/aromatic N) is 3. The van der Waals surface area contributed by atoms with Gasteiger partial charge in [-0.2, -0.15) is 5.10 Å². The molecule has 2 heterocycles. The number of ether oxygens (including phenoxy) is 1. The van der Waals surface area contributed by atoms with Crippen LogP contribution in [0.25, 0.3) is 0 Å². The maximum atomic E-state index is 11.1. The van der Waals surface area contributed by atoms with Crippen LogP contribution in [0.2, 0.25) is 0 Å². The van der Waals surface area contributed by atoms with Crippen LogP contribution >= 0.6 is 0 Å². The van der Waals surface area contributed by atoms with E-state index in [2.05, 4.69) is 10.1 Å². The Hall–Kier alpha value is -1.47. The molecule has 4 N–H and O–H groups in total. The van der Waals surface area contributed by atoms with Crippen molar-refractivity contribution in [1.29, 1.82) is 0 Å². The van der Waals surface area contributed by atoms with Crippen molar-refractivity contribution in [2.24, 2.45) is 11.5 Å². The van der Waals surface area contributed by atoms with Crippen LogP contribution in [0, 0.1) is 0 Å².